The lowest BCUT2D eigenvalue weighted by Gasteiger charge is -2.10. The molecule has 0 spiro atoms. The molecule has 0 saturated carbocycles. The van der Waals surface area contributed by atoms with Crippen LogP contribution in [0.2, 0.25) is 0 Å². The maximum atomic E-state index is 11.6. The number of carbonyl (C=O) groups excluding carboxylic acids is 1. The SMILES string of the molecule is O=C(COc1ccc(Br)cc1CO)NCc1ccco1. The highest BCUT2D eigenvalue weighted by Gasteiger charge is 2.07. The van der Waals surface area contributed by atoms with E-state index in [4.69, 9.17) is 9.15 Å². The van der Waals surface area contributed by atoms with Crippen molar-refractivity contribution < 1.29 is 19.1 Å². The van der Waals surface area contributed by atoms with E-state index in [0.29, 0.717) is 23.6 Å². The fraction of sp³-hybridized carbons (Fsp3) is 0.214. The molecule has 1 heterocycles. The minimum atomic E-state index is -0.256. The first-order valence-corrected chi connectivity index (χ1v) is 6.79. The van der Waals surface area contributed by atoms with Gasteiger partial charge in [0.05, 0.1) is 19.4 Å². The Balaban J connectivity index is 1.84. The predicted octanol–water partition coefficient (Wildman–Crippen LogP) is 2.23. The zero-order valence-electron chi connectivity index (χ0n) is 10.6. The average molecular weight is 340 g/mol. The van der Waals surface area contributed by atoms with E-state index < -0.39 is 0 Å². The minimum Gasteiger partial charge on any atom is -0.483 e. The fourth-order valence-corrected chi connectivity index (χ4v) is 2.01. The van der Waals surface area contributed by atoms with Crippen LogP contribution in [0, 0.1) is 0 Å². The summed E-state index contributed by atoms with van der Waals surface area (Å²) in [7, 11) is 0. The van der Waals surface area contributed by atoms with Crippen LogP contribution in [-0.2, 0) is 17.9 Å². The van der Waals surface area contributed by atoms with Crippen LogP contribution in [-0.4, -0.2) is 17.6 Å². The Morgan fingerprint density at radius 3 is 2.95 bits per heavy atom. The quantitative estimate of drug-likeness (QED) is 0.846. The van der Waals surface area contributed by atoms with Crippen molar-refractivity contribution in [1.82, 2.24) is 5.32 Å². The molecule has 0 unspecified atom stereocenters. The van der Waals surface area contributed by atoms with E-state index in [-0.39, 0.29) is 19.1 Å². The Morgan fingerprint density at radius 1 is 1.40 bits per heavy atom. The minimum absolute atomic E-state index is 0.116. The van der Waals surface area contributed by atoms with Gasteiger partial charge in [-0.1, -0.05) is 15.9 Å². The highest BCUT2D eigenvalue weighted by molar-refractivity contribution is 9.10. The van der Waals surface area contributed by atoms with Gasteiger partial charge in [0.15, 0.2) is 6.61 Å². The van der Waals surface area contributed by atoms with Gasteiger partial charge < -0.3 is 19.6 Å². The Bertz CT molecular complexity index is 569. The molecule has 1 aromatic carbocycles. The monoisotopic (exact) mass is 339 g/mol. The molecule has 1 aromatic heterocycles. The van der Waals surface area contributed by atoms with Gasteiger partial charge in [0.25, 0.3) is 5.91 Å². The zero-order chi connectivity index (χ0) is 14.4. The number of halogens is 1. The molecule has 0 aliphatic carbocycles. The number of aliphatic hydroxyl groups excluding tert-OH is 1. The van der Waals surface area contributed by atoms with Gasteiger partial charge in [-0.2, -0.15) is 0 Å². The summed E-state index contributed by atoms with van der Waals surface area (Å²) in [5.41, 5.74) is 0.623. The molecular formula is C14H14BrNO4. The lowest BCUT2D eigenvalue weighted by Crippen LogP contribution is -2.28. The number of ether oxygens (including phenoxy) is 1. The number of carbonyl (C=O) groups is 1. The van der Waals surface area contributed by atoms with Crippen LogP contribution in [0.4, 0.5) is 0 Å². The van der Waals surface area contributed by atoms with Crippen LogP contribution in [0.15, 0.2) is 45.5 Å². The van der Waals surface area contributed by atoms with Gasteiger partial charge in [0.2, 0.25) is 0 Å². The smallest absolute Gasteiger partial charge is 0.258 e. The molecule has 20 heavy (non-hydrogen) atoms. The second kappa shape index (κ2) is 7.12. The first-order valence-electron chi connectivity index (χ1n) is 6.00. The molecule has 0 radical (unpaired) electrons. The molecule has 2 rings (SSSR count). The van der Waals surface area contributed by atoms with Crippen molar-refractivity contribution in [2.45, 2.75) is 13.2 Å². The van der Waals surface area contributed by atoms with Crippen molar-refractivity contribution >= 4 is 21.8 Å². The molecule has 2 N–H and O–H groups in total. The third kappa shape index (κ3) is 4.11. The lowest BCUT2D eigenvalue weighted by molar-refractivity contribution is -0.123. The van der Waals surface area contributed by atoms with Crippen molar-refractivity contribution in [1.29, 1.82) is 0 Å². The number of nitrogens with one attached hydrogen (secondary N) is 1. The van der Waals surface area contributed by atoms with Gasteiger partial charge in [-0.05, 0) is 30.3 Å². The van der Waals surface area contributed by atoms with E-state index in [1.807, 2.05) is 0 Å². The fourth-order valence-electron chi connectivity index (χ4n) is 1.61. The summed E-state index contributed by atoms with van der Waals surface area (Å²) < 4.78 is 11.3. The third-order valence-corrected chi connectivity index (χ3v) is 3.08. The standard InChI is InChI=1S/C14H14BrNO4/c15-11-3-4-13(10(6-11)8-17)20-9-14(18)16-7-12-2-1-5-19-12/h1-6,17H,7-9H2,(H,16,18). The van der Waals surface area contributed by atoms with Crippen LogP contribution < -0.4 is 10.1 Å². The number of rotatable bonds is 6. The van der Waals surface area contributed by atoms with E-state index in [1.54, 1.807) is 36.6 Å². The molecule has 0 bridgehead atoms. The van der Waals surface area contributed by atoms with Gasteiger partial charge in [0.1, 0.15) is 11.5 Å². The molecule has 0 atom stereocenters. The predicted molar refractivity (Wildman–Crippen MR) is 76.1 cm³/mol. The van der Waals surface area contributed by atoms with E-state index in [9.17, 15) is 9.90 Å². The topological polar surface area (TPSA) is 71.7 Å². The summed E-state index contributed by atoms with van der Waals surface area (Å²) in [6.45, 7) is 0.0561. The summed E-state index contributed by atoms with van der Waals surface area (Å²) in [6.07, 6.45) is 1.55. The number of benzene rings is 1. The second-order valence-electron chi connectivity index (χ2n) is 4.05. The number of aliphatic hydroxyl groups is 1. The third-order valence-electron chi connectivity index (χ3n) is 2.59. The number of hydrogen-bond donors (Lipinski definition) is 2. The Hall–Kier alpha value is -1.79. The van der Waals surface area contributed by atoms with Crippen LogP contribution in [0.5, 0.6) is 5.75 Å². The van der Waals surface area contributed by atoms with E-state index in [2.05, 4.69) is 21.2 Å². The van der Waals surface area contributed by atoms with Crippen molar-refractivity contribution in [2.75, 3.05) is 6.61 Å². The van der Waals surface area contributed by atoms with Crippen LogP contribution >= 0.6 is 15.9 Å². The summed E-state index contributed by atoms with van der Waals surface area (Å²) in [6, 6.07) is 8.77. The summed E-state index contributed by atoms with van der Waals surface area (Å²) >= 11 is 3.31. The van der Waals surface area contributed by atoms with Gasteiger partial charge >= 0.3 is 0 Å². The van der Waals surface area contributed by atoms with E-state index in [0.717, 1.165) is 4.47 Å². The van der Waals surface area contributed by atoms with Crippen molar-refractivity contribution in [3.8, 4) is 5.75 Å². The first-order chi connectivity index (χ1) is 9.69. The van der Waals surface area contributed by atoms with Crippen LogP contribution in [0.25, 0.3) is 0 Å². The maximum Gasteiger partial charge on any atom is 0.258 e. The van der Waals surface area contributed by atoms with E-state index in [1.165, 1.54) is 0 Å². The largest absolute Gasteiger partial charge is 0.483 e. The number of hydrogen-bond acceptors (Lipinski definition) is 4. The highest BCUT2D eigenvalue weighted by atomic mass is 79.9. The highest BCUT2D eigenvalue weighted by Crippen LogP contribution is 2.23. The molecule has 6 heteroatoms. The van der Waals surface area contributed by atoms with Crippen LogP contribution in [0.1, 0.15) is 11.3 Å². The number of amides is 1. The number of furan rings is 1. The van der Waals surface area contributed by atoms with Gasteiger partial charge in [-0.25, -0.2) is 0 Å². The van der Waals surface area contributed by atoms with Crippen molar-refractivity contribution in [2.24, 2.45) is 0 Å². The Kier molecular flexibility index (Phi) is 5.20. The molecule has 5 nitrogen and oxygen atoms in total. The first kappa shape index (κ1) is 14.6. The van der Waals surface area contributed by atoms with Gasteiger partial charge in [-0.15, -0.1) is 0 Å². The lowest BCUT2D eigenvalue weighted by atomic mass is 10.2. The molecule has 0 aliphatic rings. The van der Waals surface area contributed by atoms with Crippen LogP contribution in [0.3, 0.4) is 0 Å². The summed E-state index contributed by atoms with van der Waals surface area (Å²) in [5.74, 6) is 0.912. The second-order valence-corrected chi connectivity index (χ2v) is 4.97. The summed E-state index contributed by atoms with van der Waals surface area (Å²) in [4.78, 5) is 11.6. The van der Waals surface area contributed by atoms with Gasteiger partial charge in [0, 0.05) is 10.0 Å². The molecule has 2 aromatic rings. The molecule has 0 fully saturated rings. The Morgan fingerprint density at radius 2 is 2.25 bits per heavy atom. The summed E-state index contributed by atoms with van der Waals surface area (Å²) in [5, 5.41) is 11.9. The average Bonchev–Trinajstić information content (AvgIpc) is 2.97. The van der Waals surface area contributed by atoms with Crippen molar-refractivity contribution in [3.63, 3.8) is 0 Å². The molecule has 1 amide bonds. The van der Waals surface area contributed by atoms with Crippen molar-refractivity contribution in [3.05, 3.63) is 52.4 Å². The maximum absolute atomic E-state index is 11.6. The molecular weight excluding hydrogens is 326 g/mol. The molecule has 0 saturated heterocycles. The molecule has 106 valence electrons. The molecule has 0 aliphatic heterocycles. The van der Waals surface area contributed by atoms with Gasteiger partial charge in [-0.3, -0.25) is 4.79 Å². The zero-order valence-corrected chi connectivity index (χ0v) is 12.2. The Labute approximate surface area is 124 Å². The normalized spacial score (nSPS) is 10.3. The van der Waals surface area contributed by atoms with E-state index >= 15 is 0 Å².